The van der Waals surface area contributed by atoms with E-state index in [1.807, 2.05) is 6.92 Å². The largest absolute Gasteiger partial charge is 0.463 e. The van der Waals surface area contributed by atoms with E-state index in [4.69, 9.17) is 4.74 Å². The fourth-order valence-corrected chi connectivity index (χ4v) is 1.02. The zero-order valence-electron chi connectivity index (χ0n) is 7.33. The summed E-state index contributed by atoms with van der Waals surface area (Å²) in [4.78, 5) is 16.6. The molecule has 5 heteroatoms. The highest BCUT2D eigenvalue weighted by molar-refractivity contribution is 5.94. The molecule has 0 aromatic heterocycles. The molecule has 0 aromatic rings. The standard InChI is InChI=1S/C7H13N3O2/c1-3-9-6(11)10-4-5-12-7(10)8-2/h3-5H2,1-2H3,(H,9,11). The Morgan fingerprint density at radius 1 is 1.83 bits per heavy atom. The molecular weight excluding hydrogens is 158 g/mol. The fourth-order valence-electron chi connectivity index (χ4n) is 1.02. The summed E-state index contributed by atoms with van der Waals surface area (Å²) in [5, 5.41) is 2.68. The number of hydrogen-bond acceptors (Lipinski definition) is 3. The van der Waals surface area contributed by atoms with Crippen LogP contribution >= 0.6 is 0 Å². The van der Waals surface area contributed by atoms with Gasteiger partial charge in [0.15, 0.2) is 0 Å². The third kappa shape index (κ3) is 1.66. The molecule has 0 aromatic carbocycles. The molecule has 12 heavy (non-hydrogen) atoms. The predicted molar refractivity (Wildman–Crippen MR) is 45.1 cm³/mol. The van der Waals surface area contributed by atoms with Gasteiger partial charge < -0.3 is 10.1 Å². The number of amides is 2. The molecule has 0 aliphatic carbocycles. The lowest BCUT2D eigenvalue weighted by Crippen LogP contribution is -2.40. The Bertz CT molecular complexity index is 203. The minimum Gasteiger partial charge on any atom is -0.463 e. The van der Waals surface area contributed by atoms with Crippen molar-refractivity contribution in [2.45, 2.75) is 6.92 Å². The molecule has 2 amide bonds. The van der Waals surface area contributed by atoms with E-state index in [2.05, 4.69) is 10.3 Å². The van der Waals surface area contributed by atoms with Crippen LogP contribution in [0.2, 0.25) is 0 Å². The van der Waals surface area contributed by atoms with Crippen LogP contribution in [-0.4, -0.2) is 43.7 Å². The molecule has 0 atom stereocenters. The zero-order chi connectivity index (χ0) is 8.97. The minimum atomic E-state index is -0.143. The molecule has 0 saturated carbocycles. The molecule has 1 aliphatic heterocycles. The quantitative estimate of drug-likeness (QED) is 0.605. The highest BCUT2D eigenvalue weighted by atomic mass is 16.5. The lowest BCUT2D eigenvalue weighted by molar-refractivity contribution is 0.224. The van der Waals surface area contributed by atoms with Gasteiger partial charge in [0.2, 0.25) is 0 Å². The summed E-state index contributed by atoms with van der Waals surface area (Å²) < 4.78 is 5.10. The first-order valence-corrected chi connectivity index (χ1v) is 3.94. The van der Waals surface area contributed by atoms with Gasteiger partial charge in [-0.25, -0.2) is 14.7 Å². The maximum Gasteiger partial charge on any atom is 0.325 e. The van der Waals surface area contributed by atoms with Gasteiger partial charge in [-0.15, -0.1) is 0 Å². The van der Waals surface area contributed by atoms with Gasteiger partial charge in [-0.05, 0) is 6.92 Å². The van der Waals surface area contributed by atoms with Crippen LogP contribution in [-0.2, 0) is 4.74 Å². The summed E-state index contributed by atoms with van der Waals surface area (Å²) in [6.45, 7) is 3.60. The first-order chi connectivity index (χ1) is 5.79. The normalized spacial score (nSPS) is 19.5. The average molecular weight is 171 g/mol. The van der Waals surface area contributed by atoms with E-state index in [0.29, 0.717) is 25.7 Å². The Labute approximate surface area is 71.4 Å². The fraction of sp³-hybridized carbons (Fsp3) is 0.714. The number of ether oxygens (including phenoxy) is 1. The zero-order valence-corrected chi connectivity index (χ0v) is 7.33. The van der Waals surface area contributed by atoms with Crippen LogP contribution in [0.15, 0.2) is 4.99 Å². The van der Waals surface area contributed by atoms with Gasteiger partial charge in [-0.3, -0.25) is 0 Å². The first kappa shape index (κ1) is 8.83. The lowest BCUT2D eigenvalue weighted by Gasteiger charge is -2.13. The van der Waals surface area contributed by atoms with Gasteiger partial charge in [-0.2, -0.15) is 0 Å². The van der Waals surface area contributed by atoms with E-state index in [1.54, 1.807) is 7.05 Å². The second-order valence-electron chi connectivity index (χ2n) is 2.34. The molecule has 1 heterocycles. The average Bonchev–Trinajstić information content (AvgIpc) is 2.51. The van der Waals surface area contributed by atoms with Gasteiger partial charge >= 0.3 is 6.03 Å². The lowest BCUT2D eigenvalue weighted by atomic mass is 10.6. The smallest absolute Gasteiger partial charge is 0.325 e. The number of carbonyl (C=O) groups excluding carboxylic acids is 1. The maximum absolute atomic E-state index is 11.3. The van der Waals surface area contributed by atoms with Crippen LogP contribution in [0.25, 0.3) is 0 Å². The van der Waals surface area contributed by atoms with Gasteiger partial charge in [0.1, 0.15) is 6.61 Å². The summed E-state index contributed by atoms with van der Waals surface area (Å²) in [5.41, 5.74) is 0. The summed E-state index contributed by atoms with van der Waals surface area (Å²) in [5.74, 6) is 0. The third-order valence-electron chi connectivity index (χ3n) is 1.54. The van der Waals surface area contributed by atoms with Crippen LogP contribution in [0.1, 0.15) is 6.92 Å². The molecule has 1 aliphatic rings. The van der Waals surface area contributed by atoms with E-state index in [-0.39, 0.29) is 6.03 Å². The first-order valence-electron chi connectivity index (χ1n) is 3.94. The van der Waals surface area contributed by atoms with Crippen molar-refractivity contribution in [1.29, 1.82) is 0 Å². The predicted octanol–water partition coefficient (Wildman–Crippen LogP) is 0.0339. The van der Waals surface area contributed by atoms with Crippen molar-refractivity contribution in [2.75, 3.05) is 26.7 Å². The van der Waals surface area contributed by atoms with Crippen molar-refractivity contribution >= 4 is 12.1 Å². The molecule has 5 nitrogen and oxygen atoms in total. The van der Waals surface area contributed by atoms with Crippen LogP contribution in [0.5, 0.6) is 0 Å². The molecule has 1 fully saturated rings. The summed E-state index contributed by atoms with van der Waals surface area (Å²) >= 11 is 0. The van der Waals surface area contributed by atoms with E-state index in [1.165, 1.54) is 4.90 Å². The molecule has 1 N–H and O–H groups in total. The maximum atomic E-state index is 11.3. The Morgan fingerprint density at radius 3 is 3.17 bits per heavy atom. The molecular formula is C7H13N3O2. The number of amidine groups is 1. The van der Waals surface area contributed by atoms with Gasteiger partial charge in [0.05, 0.1) is 6.54 Å². The van der Waals surface area contributed by atoms with Gasteiger partial charge in [0, 0.05) is 13.6 Å². The Hall–Kier alpha value is -1.26. The van der Waals surface area contributed by atoms with Gasteiger partial charge in [-0.1, -0.05) is 0 Å². The molecule has 1 rings (SSSR count). The molecule has 0 unspecified atom stereocenters. The number of urea groups is 1. The number of carbonyl (C=O) groups is 1. The third-order valence-corrected chi connectivity index (χ3v) is 1.54. The molecule has 0 spiro atoms. The Kier molecular flexibility index (Phi) is 2.90. The highest BCUT2D eigenvalue weighted by Gasteiger charge is 2.25. The van der Waals surface area contributed by atoms with Crippen LogP contribution in [0.3, 0.4) is 0 Å². The number of rotatable bonds is 1. The van der Waals surface area contributed by atoms with Gasteiger partial charge in [0.25, 0.3) is 6.02 Å². The van der Waals surface area contributed by atoms with E-state index in [9.17, 15) is 4.79 Å². The van der Waals surface area contributed by atoms with Crippen molar-refractivity contribution in [3.05, 3.63) is 0 Å². The monoisotopic (exact) mass is 171 g/mol. The van der Waals surface area contributed by atoms with Crippen LogP contribution in [0, 0.1) is 0 Å². The Balaban J connectivity index is 2.56. The second-order valence-corrected chi connectivity index (χ2v) is 2.34. The second kappa shape index (κ2) is 3.94. The number of aliphatic imine (C=N–C) groups is 1. The van der Waals surface area contributed by atoms with E-state index in [0.717, 1.165) is 0 Å². The van der Waals surface area contributed by atoms with Crippen LogP contribution in [0.4, 0.5) is 4.79 Å². The number of nitrogens with zero attached hydrogens (tertiary/aromatic N) is 2. The molecule has 1 saturated heterocycles. The minimum absolute atomic E-state index is 0.143. The number of hydrogen-bond donors (Lipinski definition) is 1. The Morgan fingerprint density at radius 2 is 2.58 bits per heavy atom. The summed E-state index contributed by atoms with van der Waals surface area (Å²) in [6.07, 6.45) is 0. The summed E-state index contributed by atoms with van der Waals surface area (Å²) in [7, 11) is 1.60. The number of nitrogens with one attached hydrogen (secondary N) is 1. The van der Waals surface area contributed by atoms with Crippen molar-refractivity contribution in [3.8, 4) is 0 Å². The topological polar surface area (TPSA) is 53.9 Å². The SMILES string of the molecule is CCNC(=O)N1CCOC1=NC. The molecule has 68 valence electrons. The van der Waals surface area contributed by atoms with Crippen molar-refractivity contribution in [2.24, 2.45) is 4.99 Å². The molecule has 0 bridgehead atoms. The van der Waals surface area contributed by atoms with Crippen molar-refractivity contribution < 1.29 is 9.53 Å². The van der Waals surface area contributed by atoms with Crippen molar-refractivity contribution in [3.63, 3.8) is 0 Å². The van der Waals surface area contributed by atoms with E-state index < -0.39 is 0 Å². The van der Waals surface area contributed by atoms with E-state index >= 15 is 0 Å². The molecule has 0 radical (unpaired) electrons. The highest BCUT2D eigenvalue weighted by Crippen LogP contribution is 2.02. The van der Waals surface area contributed by atoms with Crippen molar-refractivity contribution in [1.82, 2.24) is 10.2 Å². The van der Waals surface area contributed by atoms with Crippen LogP contribution < -0.4 is 5.32 Å². The summed E-state index contributed by atoms with van der Waals surface area (Å²) in [6, 6.07) is 0.261.